The molecule has 1 aromatic heterocycles. The molecule has 6 heteroatoms. The molecule has 100 valence electrons. The van der Waals surface area contributed by atoms with Crippen LogP contribution in [0.5, 0.6) is 0 Å². The van der Waals surface area contributed by atoms with Crippen LogP contribution in [0.3, 0.4) is 0 Å². The third kappa shape index (κ3) is 3.40. The number of hydrogen-bond acceptors (Lipinski definition) is 6. The van der Waals surface area contributed by atoms with Crippen molar-refractivity contribution in [3.8, 4) is 0 Å². The third-order valence-electron chi connectivity index (χ3n) is 2.45. The monoisotopic (exact) mass is 263 g/mol. The van der Waals surface area contributed by atoms with Crippen LogP contribution in [0.25, 0.3) is 0 Å². The number of aliphatic hydroxyl groups is 2. The van der Waals surface area contributed by atoms with Gasteiger partial charge in [0.2, 0.25) is 0 Å². The van der Waals surface area contributed by atoms with Gasteiger partial charge in [-0.05, 0) is 12.1 Å². The van der Waals surface area contributed by atoms with Crippen molar-refractivity contribution in [2.45, 2.75) is 12.7 Å². The molecule has 1 atom stereocenters. The average Bonchev–Trinajstić information content (AvgIpc) is 2.93. The molecule has 1 aromatic carbocycles. The zero-order chi connectivity index (χ0) is 13.7. The maximum Gasteiger partial charge on any atom is 0.338 e. The van der Waals surface area contributed by atoms with Crippen LogP contribution in [-0.2, 0) is 11.3 Å². The van der Waals surface area contributed by atoms with Gasteiger partial charge >= 0.3 is 5.97 Å². The number of aromatic nitrogens is 1. The van der Waals surface area contributed by atoms with Gasteiger partial charge < -0.3 is 19.5 Å². The highest BCUT2D eigenvalue weighted by molar-refractivity contribution is 5.89. The number of hydrogen-bond donors (Lipinski definition) is 2. The standard InChI is InChI=1S/C13H13NO5/c15-7-12(16)11-6-10(19-14-11)8-18-13(17)9-4-2-1-3-5-9/h1-6,12,15-16H,7-8H2/t12-/m1/s1. The normalized spacial score (nSPS) is 12.1. The minimum atomic E-state index is -1.10. The first-order valence-electron chi connectivity index (χ1n) is 5.67. The second-order valence-electron chi connectivity index (χ2n) is 3.86. The first-order chi connectivity index (χ1) is 9.20. The second-order valence-corrected chi connectivity index (χ2v) is 3.86. The number of ether oxygens (including phenoxy) is 1. The van der Waals surface area contributed by atoms with E-state index >= 15 is 0 Å². The fourth-order valence-corrected chi connectivity index (χ4v) is 1.44. The summed E-state index contributed by atoms with van der Waals surface area (Å²) >= 11 is 0. The Bertz CT molecular complexity index is 537. The van der Waals surface area contributed by atoms with Crippen LogP contribution < -0.4 is 0 Å². The van der Waals surface area contributed by atoms with E-state index < -0.39 is 18.7 Å². The minimum absolute atomic E-state index is 0.0844. The van der Waals surface area contributed by atoms with Crippen molar-refractivity contribution in [1.82, 2.24) is 5.16 Å². The lowest BCUT2D eigenvalue weighted by atomic mass is 10.2. The molecule has 0 aliphatic rings. The lowest BCUT2D eigenvalue weighted by molar-refractivity contribution is 0.0436. The van der Waals surface area contributed by atoms with E-state index in [-0.39, 0.29) is 12.3 Å². The van der Waals surface area contributed by atoms with Crippen LogP contribution >= 0.6 is 0 Å². The molecular formula is C13H13NO5. The molecule has 0 radical (unpaired) electrons. The molecule has 0 aliphatic heterocycles. The molecule has 2 rings (SSSR count). The molecule has 0 amide bonds. The molecule has 0 aliphatic carbocycles. The number of carbonyl (C=O) groups is 1. The number of carbonyl (C=O) groups excluding carboxylic acids is 1. The van der Waals surface area contributed by atoms with Gasteiger partial charge in [-0.25, -0.2) is 4.79 Å². The minimum Gasteiger partial charge on any atom is -0.454 e. The SMILES string of the molecule is O=C(OCc1cc([C@H](O)CO)no1)c1ccccc1. The van der Waals surface area contributed by atoms with Crippen LogP contribution in [0.2, 0.25) is 0 Å². The molecule has 0 fully saturated rings. The van der Waals surface area contributed by atoms with Gasteiger partial charge in [-0.3, -0.25) is 0 Å². The maximum absolute atomic E-state index is 11.6. The Morgan fingerprint density at radius 3 is 2.79 bits per heavy atom. The quantitative estimate of drug-likeness (QED) is 0.783. The molecule has 0 spiro atoms. The van der Waals surface area contributed by atoms with Crippen molar-refractivity contribution in [2.24, 2.45) is 0 Å². The Morgan fingerprint density at radius 2 is 2.11 bits per heavy atom. The van der Waals surface area contributed by atoms with E-state index in [1.54, 1.807) is 30.3 Å². The first-order valence-corrected chi connectivity index (χ1v) is 5.67. The predicted molar refractivity (Wildman–Crippen MR) is 64.1 cm³/mol. The van der Waals surface area contributed by atoms with E-state index in [2.05, 4.69) is 5.16 Å². The summed E-state index contributed by atoms with van der Waals surface area (Å²) in [5, 5.41) is 21.6. The van der Waals surface area contributed by atoms with Gasteiger partial charge in [-0.2, -0.15) is 0 Å². The lowest BCUT2D eigenvalue weighted by Gasteiger charge is -2.01. The number of esters is 1. The Morgan fingerprint density at radius 1 is 1.37 bits per heavy atom. The van der Waals surface area contributed by atoms with Gasteiger partial charge in [0.1, 0.15) is 11.8 Å². The molecular weight excluding hydrogens is 250 g/mol. The van der Waals surface area contributed by atoms with E-state index in [9.17, 15) is 9.90 Å². The summed E-state index contributed by atoms with van der Waals surface area (Å²) in [6, 6.07) is 9.99. The summed E-state index contributed by atoms with van der Waals surface area (Å²) < 4.78 is 9.90. The topological polar surface area (TPSA) is 92.8 Å². The van der Waals surface area contributed by atoms with Gasteiger partial charge in [0.05, 0.1) is 12.2 Å². The number of nitrogens with zero attached hydrogens (tertiary/aromatic N) is 1. The number of aliphatic hydroxyl groups excluding tert-OH is 2. The molecule has 19 heavy (non-hydrogen) atoms. The van der Waals surface area contributed by atoms with Gasteiger partial charge in [0.25, 0.3) is 0 Å². The smallest absolute Gasteiger partial charge is 0.338 e. The average molecular weight is 263 g/mol. The van der Waals surface area contributed by atoms with Gasteiger partial charge in [0.15, 0.2) is 12.4 Å². The van der Waals surface area contributed by atoms with Crippen molar-refractivity contribution in [3.63, 3.8) is 0 Å². The van der Waals surface area contributed by atoms with Crippen molar-refractivity contribution < 1.29 is 24.3 Å². The number of rotatable bonds is 5. The van der Waals surface area contributed by atoms with Crippen LogP contribution in [0.1, 0.15) is 27.9 Å². The largest absolute Gasteiger partial charge is 0.454 e. The summed E-state index contributed by atoms with van der Waals surface area (Å²) in [6.45, 7) is -0.533. The Hall–Kier alpha value is -2.18. The van der Waals surface area contributed by atoms with Crippen molar-refractivity contribution >= 4 is 5.97 Å². The molecule has 1 heterocycles. The van der Waals surface area contributed by atoms with Crippen molar-refractivity contribution in [1.29, 1.82) is 0 Å². The van der Waals surface area contributed by atoms with Crippen LogP contribution in [-0.4, -0.2) is 27.9 Å². The Kier molecular flexibility index (Phi) is 4.27. The van der Waals surface area contributed by atoms with Crippen LogP contribution in [0.4, 0.5) is 0 Å². The van der Waals surface area contributed by atoms with Gasteiger partial charge in [0, 0.05) is 6.07 Å². The highest BCUT2D eigenvalue weighted by Crippen LogP contribution is 2.13. The summed E-state index contributed by atoms with van der Waals surface area (Å²) in [7, 11) is 0. The predicted octanol–water partition coefficient (Wildman–Crippen LogP) is 1.06. The van der Waals surface area contributed by atoms with Crippen LogP contribution in [0.15, 0.2) is 40.9 Å². The fraction of sp³-hybridized carbons (Fsp3) is 0.231. The zero-order valence-electron chi connectivity index (χ0n) is 10.0. The van der Waals surface area contributed by atoms with E-state index in [0.29, 0.717) is 11.3 Å². The third-order valence-corrected chi connectivity index (χ3v) is 2.45. The highest BCUT2D eigenvalue weighted by atomic mass is 16.5. The summed E-state index contributed by atoms with van der Waals surface area (Å²) in [4.78, 5) is 11.6. The van der Waals surface area contributed by atoms with Gasteiger partial charge in [-0.15, -0.1) is 0 Å². The lowest BCUT2D eigenvalue weighted by Crippen LogP contribution is -2.04. The van der Waals surface area contributed by atoms with E-state index in [1.807, 2.05) is 0 Å². The molecule has 2 aromatic rings. The molecule has 6 nitrogen and oxygen atoms in total. The molecule has 0 saturated heterocycles. The van der Waals surface area contributed by atoms with Crippen molar-refractivity contribution in [2.75, 3.05) is 6.61 Å². The summed E-state index contributed by atoms with van der Waals surface area (Å²) in [6.07, 6.45) is -1.10. The molecule has 0 saturated carbocycles. The Balaban J connectivity index is 1.92. The first kappa shape index (κ1) is 13.3. The van der Waals surface area contributed by atoms with E-state index in [1.165, 1.54) is 6.07 Å². The molecule has 2 N–H and O–H groups in total. The van der Waals surface area contributed by atoms with E-state index in [4.69, 9.17) is 14.4 Å². The summed E-state index contributed by atoms with van der Waals surface area (Å²) in [5.41, 5.74) is 0.644. The van der Waals surface area contributed by atoms with Crippen LogP contribution in [0, 0.1) is 0 Å². The Labute approximate surface area is 109 Å². The van der Waals surface area contributed by atoms with Gasteiger partial charge in [-0.1, -0.05) is 23.4 Å². The van der Waals surface area contributed by atoms with Crippen molar-refractivity contribution in [3.05, 3.63) is 53.4 Å². The number of benzene rings is 1. The summed E-state index contributed by atoms with van der Waals surface area (Å²) in [5.74, 6) is -0.173. The fourth-order valence-electron chi connectivity index (χ4n) is 1.44. The molecule has 0 bridgehead atoms. The van der Waals surface area contributed by atoms with E-state index in [0.717, 1.165) is 0 Å². The highest BCUT2D eigenvalue weighted by Gasteiger charge is 2.14. The second kappa shape index (κ2) is 6.12. The molecule has 0 unspecified atom stereocenters. The maximum atomic E-state index is 11.6. The zero-order valence-corrected chi connectivity index (χ0v) is 10.0.